The van der Waals surface area contributed by atoms with Crippen molar-refractivity contribution in [2.45, 2.75) is 32.7 Å². The summed E-state index contributed by atoms with van der Waals surface area (Å²) in [4.78, 5) is 2.48. The minimum Gasteiger partial charge on any atom is -0.329 e. The molecule has 0 bridgehead atoms. The van der Waals surface area contributed by atoms with Gasteiger partial charge in [-0.15, -0.1) is 0 Å². The minimum atomic E-state index is 0.574. The third kappa shape index (κ3) is 2.82. The Hall–Kier alpha value is -0.340. The molecule has 2 N–H and O–H groups in total. The van der Waals surface area contributed by atoms with E-state index in [2.05, 4.69) is 25.3 Å². The molecule has 1 heterocycles. The first-order valence-corrected chi connectivity index (χ1v) is 5.23. The number of piperidine rings is 1. The van der Waals surface area contributed by atoms with Crippen LogP contribution in [-0.4, -0.2) is 30.6 Å². The van der Waals surface area contributed by atoms with E-state index in [9.17, 15) is 0 Å². The van der Waals surface area contributed by atoms with Crippen molar-refractivity contribution >= 4 is 0 Å². The van der Waals surface area contributed by atoms with Crippen LogP contribution in [0.5, 0.6) is 0 Å². The van der Waals surface area contributed by atoms with Crippen LogP contribution in [-0.2, 0) is 0 Å². The Bertz CT molecular complexity index is 177. The maximum Gasteiger partial charge on any atom is 0.0247 e. The molecule has 0 aromatic rings. The van der Waals surface area contributed by atoms with Crippen molar-refractivity contribution in [3.63, 3.8) is 0 Å². The van der Waals surface area contributed by atoms with E-state index in [0.29, 0.717) is 6.04 Å². The molecule has 2 nitrogen and oxygen atoms in total. The van der Waals surface area contributed by atoms with Crippen molar-refractivity contribution in [2.24, 2.45) is 11.7 Å². The maximum absolute atomic E-state index is 5.79. The van der Waals surface area contributed by atoms with Gasteiger partial charge in [-0.3, -0.25) is 4.90 Å². The Balaban J connectivity index is 2.53. The monoisotopic (exact) mass is 182 g/mol. The van der Waals surface area contributed by atoms with Crippen molar-refractivity contribution < 1.29 is 0 Å². The summed E-state index contributed by atoms with van der Waals surface area (Å²) in [6, 6.07) is 0.574. The Morgan fingerprint density at radius 3 is 2.85 bits per heavy atom. The molecule has 76 valence electrons. The van der Waals surface area contributed by atoms with E-state index >= 15 is 0 Å². The number of nitrogens with two attached hydrogens (primary N) is 1. The Labute approximate surface area is 81.8 Å². The number of hydrogen-bond donors (Lipinski definition) is 1. The normalized spacial score (nSPS) is 30.4. The van der Waals surface area contributed by atoms with Crippen molar-refractivity contribution in [2.75, 3.05) is 19.6 Å². The van der Waals surface area contributed by atoms with Gasteiger partial charge in [-0.25, -0.2) is 0 Å². The second-order valence-electron chi connectivity index (χ2n) is 4.35. The zero-order valence-corrected chi connectivity index (χ0v) is 8.92. The highest BCUT2D eigenvalue weighted by Gasteiger charge is 2.26. The fourth-order valence-corrected chi connectivity index (χ4v) is 2.26. The third-order valence-electron chi connectivity index (χ3n) is 2.95. The van der Waals surface area contributed by atoms with Gasteiger partial charge in [0.1, 0.15) is 0 Å². The van der Waals surface area contributed by atoms with Crippen LogP contribution in [0, 0.1) is 5.92 Å². The zero-order chi connectivity index (χ0) is 9.84. The van der Waals surface area contributed by atoms with Crippen LogP contribution in [0.1, 0.15) is 26.7 Å². The predicted octanol–water partition coefficient (Wildman–Crippen LogP) is 1.62. The molecule has 1 saturated heterocycles. The molecule has 2 unspecified atom stereocenters. The molecule has 0 aromatic heterocycles. The van der Waals surface area contributed by atoms with Gasteiger partial charge in [0.2, 0.25) is 0 Å². The molecule has 1 rings (SSSR count). The lowest BCUT2D eigenvalue weighted by atomic mass is 9.90. The number of rotatable bonds is 3. The summed E-state index contributed by atoms with van der Waals surface area (Å²) in [6.45, 7) is 11.4. The minimum absolute atomic E-state index is 0.574. The Morgan fingerprint density at radius 1 is 1.62 bits per heavy atom. The van der Waals surface area contributed by atoms with E-state index in [1.807, 2.05) is 0 Å². The highest BCUT2D eigenvalue weighted by atomic mass is 15.2. The molecule has 0 aromatic carbocycles. The molecule has 0 radical (unpaired) electrons. The molecule has 1 aliphatic heterocycles. The molecule has 2 atom stereocenters. The van der Waals surface area contributed by atoms with Crippen LogP contribution >= 0.6 is 0 Å². The number of nitrogens with zero attached hydrogens (tertiary/aromatic N) is 1. The van der Waals surface area contributed by atoms with Gasteiger partial charge in [0.05, 0.1) is 0 Å². The average Bonchev–Trinajstić information content (AvgIpc) is 2.03. The van der Waals surface area contributed by atoms with Gasteiger partial charge in [-0.1, -0.05) is 19.1 Å². The van der Waals surface area contributed by atoms with Crippen LogP contribution in [0.3, 0.4) is 0 Å². The van der Waals surface area contributed by atoms with Crippen molar-refractivity contribution in [3.8, 4) is 0 Å². The molecule has 1 fully saturated rings. The second kappa shape index (κ2) is 4.77. The van der Waals surface area contributed by atoms with Crippen LogP contribution in [0.25, 0.3) is 0 Å². The summed E-state index contributed by atoms with van der Waals surface area (Å²) in [5.41, 5.74) is 7.03. The predicted molar refractivity (Wildman–Crippen MR) is 57.6 cm³/mol. The molecule has 13 heavy (non-hydrogen) atoms. The van der Waals surface area contributed by atoms with Crippen molar-refractivity contribution in [1.29, 1.82) is 0 Å². The molecule has 0 aliphatic carbocycles. The fourth-order valence-electron chi connectivity index (χ4n) is 2.26. The molecule has 2 heteroatoms. The van der Waals surface area contributed by atoms with Gasteiger partial charge >= 0.3 is 0 Å². The van der Waals surface area contributed by atoms with E-state index in [4.69, 9.17) is 5.73 Å². The SMILES string of the molecule is C=C(C)CN1CCCC(C)C1CN. The molecule has 0 spiro atoms. The Kier molecular flexibility index (Phi) is 3.94. The van der Waals surface area contributed by atoms with Crippen LogP contribution in [0.2, 0.25) is 0 Å². The molecule has 0 amide bonds. The topological polar surface area (TPSA) is 29.3 Å². The fraction of sp³-hybridized carbons (Fsp3) is 0.818. The van der Waals surface area contributed by atoms with Gasteiger partial charge in [-0.2, -0.15) is 0 Å². The average molecular weight is 182 g/mol. The van der Waals surface area contributed by atoms with Crippen LogP contribution in [0.15, 0.2) is 12.2 Å². The maximum atomic E-state index is 5.79. The molecular weight excluding hydrogens is 160 g/mol. The van der Waals surface area contributed by atoms with Gasteiger partial charge in [0.25, 0.3) is 0 Å². The largest absolute Gasteiger partial charge is 0.329 e. The number of likely N-dealkylation sites (tertiary alicyclic amines) is 1. The van der Waals surface area contributed by atoms with E-state index in [-0.39, 0.29) is 0 Å². The lowest BCUT2D eigenvalue weighted by molar-refractivity contribution is 0.117. The van der Waals surface area contributed by atoms with E-state index in [1.54, 1.807) is 0 Å². The van der Waals surface area contributed by atoms with Gasteiger partial charge < -0.3 is 5.73 Å². The van der Waals surface area contributed by atoms with Crippen molar-refractivity contribution in [1.82, 2.24) is 4.90 Å². The van der Waals surface area contributed by atoms with Gasteiger partial charge in [0, 0.05) is 19.1 Å². The smallest absolute Gasteiger partial charge is 0.0247 e. The lowest BCUT2D eigenvalue weighted by Gasteiger charge is -2.39. The third-order valence-corrected chi connectivity index (χ3v) is 2.95. The van der Waals surface area contributed by atoms with E-state index in [0.717, 1.165) is 19.0 Å². The lowest BCUT2D eigenvalue weighted by Crippen LogP contribution is -2.48. The molecule has 0 saturated carbocycles. The second-order valence-corrected chi connectivity index (χ2v) is 4.35. The van der Waals surface area contributed by atoms with Crippen LogP contribution in [0.4, 0.5) is 0 Å². The highest BCUT2D eigenvalue weighted by Crippen LogP contribution is 2.22. The summed E-state index contributed by atoms with van der Waals surface area (Å²) in [7, 11) is 0. The summed E-state index contributed by atoms with van der Waals surface area (Å²) in [6.07, 6.45) is 2.64. The van der Waals surface area contributed by atoms with Crippen molar-refractivity contribution in [3.05, 3.63) is 12.2 Å². The zero-order valence-electron chi connectivity index (χ0n) is 8.92. The summed E-state index contributed by atoms with van der Waals surface area (Å²) < 4.78 is 0. The highest BCUT2D eigenvalue weighted by molar-refractivity contribution is 4.95. The standard InChI is InChI=1S/C11H22N2/c1-9(2)8-13-6-4-5-10(3)11(13)7-12/h10-11H,1,4-8,12H2,2-3H3. The van der Waals surface area contributed by atoms with Gasteiger partial charge in [0.15, 0.2) is 0 Å². The summed E-state index contributed by atoms with van der Waals surface area (Å²) in [5.74, 6) is 0.748. The van der Waals surface area contributed by atoms with Crippen LogP contribution < -0.4 is 5.73 Å². The first kappa shape index (κ1) is 10.7. The quantitative estimate of drug-likeness (QED) is 0.672. The summed E-state index contributed by atoms with van der Waals surface area (Å²) >= 11 is 0. The Morgan fingerprint density at radius 2 is 2.31 bits per heavy atom. The molecular formula is C11H22N2. The molecule has 1 aliphatic rings. The van der Waals surface area contributed by atoms with Gasteiger partial charge in [-0.05, 0) is 32.2 Å². The summed E-state index contributed by atoms with van der Waals surface area (Å²) in [5, 5.41) is 0. The van der Waals surface area contributed by atoms with E-state index < -0.39 is 0 Å². The first-order valence-electron chi connectivity index (χ1n) is 5.23. The van der Waals surface area contributed by atoms with E-state index in [1.165, 1.54) is 25.0 Å². The number of hydrogen-bond acceptors (Lipinski definition) is 2. The first-order chi connectivity index (χ1) is 6.15.